The van der Waals surface area contributed by atoms with Crippen molar-refractivity contribution in [3.05, 3.63) is 68.8 Å². The number of rotatable bonds is 5. The topological polar surface area (TPSA) is 52.2 Å². The predicted octanol–water partition coefficient (Wildman–Crippen LogP) is 4.70. The fourth-order valence-corrected chi connectivity index (χ4v) is 6.17. The third-order valence-corrected chi connectivity index (χ3v) is 7.74. The summed E-state index contributed by atoms with van der Waals surface area (Å²) in [4.78, 5) is 16.0. The van der Waals surface area contributed by atoms with Crippen LogP contribution in [0.4, 0.5) is 0 Å². The first kappa shape index (κ1) is 18.6. The zero-order valence-corrected chi connectivity index (χ0v) is 18.0. The van der Waals surface area contributed by atoms with E-state index in [1.54, 1.807) is 27.7 Å². The number of thioether (sulfide) groups is 1. The van der Waals surface area contributed by atoms with Crippen molar-refractivity contribution in [3.8, 4) is 0 Å². The lowest BCUT2D eigenvalue weighted by Gasteiger charge is -2.12. The lowest BCUT2D eigenvalue weighted by Crippen LogP contribution is -2.24. The number of fused-ring (bicyclic) bond motifs is 5. The Morgan fingerprint density at radius 3 is 2.79 bits per heavy atom. The molecular formula is C22H22N4OS2. The Hall–Kier alpha value is -2.38. The zero-order chi connectivity index (χ0) is 20.0. The minimum atomic E-state index is 0.0552. The first-order valence-electron chi connectivity index (χ1n) is 9.87. The van der Waals surface area contributed by atoms with Crippen molar-refractivity contribution < 1.29 is 0 Å². The molecule has 0 amide bonds. The minimum Gasteiger partial charge on any atom is -0.272 e. The lowest BCUT2D eigenvalue weighted by molar-refractivity contribution is 0.698. The van der Waals surface area contributed by atoms with Crippen LogP contribution >= 0.6 is 23.1 Å². The second kappa shape index (κ2) is 7.46. The van der Waals surface area contributed by atoms with Crippen molar-refractivity contribution in [1.82, 2.24) is 19.2 Å². The fraction of sp³-hybridized carbons (Fsp3) is 0.318. The molecule has 3 heterocycles. The Bertz CT molecular complexity index is 1280. The minimum absolute atomic E-state index is 0.0552. The number of hydrogen-bond acceptors (Lipinski definition) is 5. The fourth-order valence-electron chi connectivity index (χ4n) is 3.96. The second-order valence-electron chi connectivity index (χ2n) is 7.63. The molecule has 4 aromatic rings. The highest BCUT2D eigenvalue weighted by Crippen LogP contribution is 2.36. The summed E-state index contributed by atoms with van der Waals surface area (Å²) in [6.07, 6.45) is 4.39. The SMILES string of the molecule is C=C(C)CSc1nnc2n(Cc3ccccc3)c(=O)c3c4c(sc3n12)CCCC4. The highest BCUT2D eigenvalue weighted by Gasteiger charge is 2.25. The number of benzene rings is 1. The maximum atomic E-state index is 13.6. The van der Waals surface area contributed by atoms with Crippen LogP contribution in [-0.2, 0) is 19.4 Å². The molecule has 7 heteroatoms. The maximum absolute atomic E-state index is 13.6. The Balaban J connectivity index is 1.79. The van der Waals surface area contributed by atoms with Gasteiger partial charge in [-0.25, -0.2) is 4.40 Å². The molecule has 0 saturated heterocycles. The van der Waals surface area contributed by atoms with Gasteiger partial charge in [0.05, 0.1) is 11.9 Å². The van der Waals surface area contributed by atoms with Crippen molar-refractivity contribution in [2.75, 3.05) is 5.75 Å². The molecule has 1 aliphatic carbocycles. The molecule has 5 nitrogen and oxygen atoms in total. The van der Waals surface area contributed by atoms with Gasteiger partial charge in [0.2, 0.25) is 5.78 Å². The van der Waals surface area contributed by atoms with Crippen LogP contribution in [0, 0.1) is 0 Å². The molecule has 1 aromatic carbocycles. The van der Waals surface area contributed by atoms with Gasteiger partial charge in [0.1, 0.15) is 4.83 Å². The summed E-state index contributed by atoms with van der Waals surface area (Å²) in [5, 5.41) is 10.6. The van der Waals surface area contributed by atoms with Crippen LogP contribution in [0.3, 0.4) is 0 Å². The second-order valence-corrected chi connectivity index (χ2v) is 9.66. The summed E-state index contributed by atoms with van der Waals surface area (Å²) < 4.78 is 3.88. The monoisotopic (exact) mass is 422 g/mol. The Labute approximate surface area is 177 Å². The normalized spacial score (nSPS) is 13.8. The smallest absolute Gasteiger partial charge is 0.264 e. The number of aryl methyl sites for hydroxylation is 2. The molecule has 5 rings (SSSR count). The van der Waals surface area contributed by atoms with E-state index in [-0.39, 0.29) is 5.56 Å². The highest BCUT2D eigenvalue weighted by molar-refractivity contribution is 7.99. The first-order valence-corrected chi connectivity index (χ1v) is 11.7. The van der Waals surface area contributed by atoms with Crippen molar-refractivity contribution in [1.29, 1.82) is 0 Å². The van der Waals surface area contributed by atoms with E-state index in [0.29, 0.717) is 12.3 Å². The molecule has 148 valence electrons. The average molecular weight is 423 g/mol. The van der Waals surface area contributed by atoms with Crippen molar-refractivity contribution in [2.24, 2.45) is 0 Å². The molecule has 0 saturated carbocycles. The van der Waals surface area contributed by atoms with Crippen LogP contribution in [0.2, 0.25) is 0 Å². The molecule has 0 bridgehead atoms. The summed E-state index contributed by atoms with van der Waals surface area (Å²) in [6.45, 7) is 6.51. The van der Waals surface area contributed by atoms with Gasteiger partial charge in [0, 0.05) is 10.6 Å². The maximum Gasteiger partial charge on any atom is 0.264 e. The standard InChI is InChI=1S/C22H22N4OS2/c1-14(2)13-28-22-24-23-21-25(12-15-8-4-3-5-9-15)19(27)18-16-10-6-7-11-17(16)29-20(18)26(21)22/h3-5,8-9H,1,6-7,10-13H2,2H3. The summed E-state index contributed by atoms with van der Waals surface area (Å²) >= 11 is 3.37. The van der Waals surface area contributed by atoms with Gasteiger partial charge < -0.3 is 0 Å². The largest absolute Gasteiger partial charge is 0.272 e. The van der Waals surface area contributed by atoms with E-state index < -0.39 is 0 Å². The highest BCUT2D eigenvalue weighted by atomic mass is 32.2. The van der Waals surface area contributed by atoms with E-state index in [2.05, 4.69) is 21.2 Å². The Morgan fingerprint density at radius 1 is 1.21 bits per heavy atom. The van der Waals surface area contributed by atoms with Gasteiger partial charge in [0.15, 0.2) is 5.16 Å². The molecule has 29 heavy (non-hydrogen) atoms. The van der Waals surface area contributed by atoms with Crippen LogP contribution < -0.4 is 5.56 Å². The van der Waals surface area contributed by atoms with Gasteiger partial charge in [-0.05, 0) is 43.7 Å². The van der Waals surface area contributed by atoms with Gasteiger partial charge >= 0.3 is 0 Å². The van der Waals surface area contributed by atoms with E-state index in [9.17, 15) is 4.79 Å². The first-order chi connectivity index (χ1) is 14.1. The average Bonchev–Trinajstić information content (AvgIpc) is 3.31. The van der Waals surface area contributed by atoms with Crippen molar-refractivity contribution in [2.45, 2.75) is 44.3 Å². The van der Waals surface area contributed by atoms with E-state index >= 15 is 0 Å². The molecule has 0 aliphatic heterocycles. The Kier molecular flexibility index (Phi) is 4.80. The lowest BCUT2D eigenvalue weighted by atomic mass is 9.97. The van der Waals surface area contributed by atoms with Crippen LogP contribution in [0.1, 0.15) is 35.8 Å². The number of nitrogens with zero attached hydrogens (tertiary/aromatic N) is 4. The summed E-state index contributed by atoms with van der Waals surface area (Å²) in [6, 6.07) is 10.1. The number of hydrogen-bond donors (Lipinski definition) is 0. The molecule has 0 radical (unpaired) electrons. The Morgan fingerprint density at radius 2 is 2.00 bits per heavy atom. The quantitative estimate of drug-likeness (QED) is 0.345. The van der Waals surface area contributed by atoms with Gasteiger partial charge in [-0.15, -0.1) is 21.5 Å². The molecule has 0 fully saturated rings. The van der Waals surface area contributed by atoms with Gasteiger partial charge in [-0.2, -0.15) is 0 Å². The zero-order valence-electron chi connectivity index (χ0n) is 16.4. The third-order valence-electron chi connectivity index (χ3n) is 5.30. The van der Waals surface area contributed by atoms with Crippen molar-refractivity contribution >= 4 is 39.1 Å². The number of aromatic nitrogens is 4. The van der Waals surface area contributed by atoms with Crippen LogP contribution in [0.25, 0.3) is 16.0 Å². The van der Waals surface area contributed by atoms with Crippen LogP contribution in [0.15, 0.2) is 52.4 Å². The van der Waals surface area contributed by atoms with Crippen LogP contribution in [0.5, 0.6) is 0 Å². The van der Waals surface area contributed by atoms with Gasteiger partial charge in [-0.3, -0.25) is 9.36 Å². The van der Waals surface area contributed by atoms with E-state index in [4.69, 9.17) is 0 Å². The molecule has 0 N–H and O–H groups in total. The molecule has 0 atom stereocenters. The van der Waals surface area contributed by atoms with Gasteiger partial charge in [0.25, 0.3) is 5.56 Å². The summed E-state index contributed by atoms with van der Waals surface area (Å²) in [7, 11) is 0. The van der Waals surface area contributed by atoms with Crippen molar-refractivity contribution in [3.63, 3.8) is 0 Å². The van der Waals surface area contributed by atoms with E-state index in [1.807, 2.05) is 37.3 Å². The van der Waals surface area contributed by atoms with E-state index in [1.165, 1.54) is 16.9 Å². The van der Waals surface area contributed by atoms with Gasteiger partial charge in [-0.1, -0.05) is 54.2 Å². The van der Waals surface area contributed by atoms with E-state index in [0.717, 1.165) is 51.5 Å². The predicted molar refractivity (Wildman–Crippen MR) is 120 cm³/mol. The number of thiophene rings is 1. The molecule has 0 unspecified atom stereocenters. The van der Waals surface area contributed by atoms with Crippen LogP contribution in [-0.4, -0.2) is 24.9 Å². The third kappa shape index (κ3) is 3.22. The molecular weight excluding hydrogens is 400 g/mol. The summed E-state index contributed by atoms with van der Waals surface area (Å²) in [5.41, 5.74) is 3.47. The molecule has 3 aromatic heterocycles. The molecule has 0 spiro atoms. The summed E-state index contributed by atoms with van der Waals surface area (Å²) in [5.74, 6) is 1.40. The molecule has 1 aliphatic rings.